The smallest absolute Gasteiger partial charge is 0.243 e. The Morgan fingerprint density at radius 3 is 1.99 bits per heavy atom. The van der Waals surface area contributed by atoms with Crippen molar-refractivity contribution in [3.05, 3.63) is 71.9 Å². The van der Waals surface area contributed by atoms with Crippen molar-refractivity contribution in [3.63, 3.8) is 0 Å². The second-order valence-electron chi connectivity index (χ2n) is 17.8. The van der Waals surface area contributed by atoms with Crippen LogP contribution in [0.15, 0.2) is 70.8 Å². The molecule has 0 saturated carbocycles. The van der Waals surface area contributed by atoms with Crippen molar-refractivity contribution in [3.8, 4) is 0 Å². The number of aryl methyl sites for hydroxylation is 1. The molecule has 0 bridgehead atoms. The number of guanidine groups is 2. The quantitative estimate of drug-likeness (QED) is 0.0350. The average Bonchev–Trinajstić information content (AvgIpc) is 3.79. The summed E-state index contributed by atoms with van der Waals surface area (Å²) in [5, 5.41) is 21.2. The molecule has 2 heterocycles. The van der Waals surface area contributed by atoms with E-state index < -0.39 is 115 Å². The van der Waals surface area contributed by atoms with E-state index >= 15 is 0 Å². The van der Waals surface area contributed by atoms with E-state index in [4.69, 9.17) is 34.4 Å². The van der Waals surface area contributed by atoms with Crippen molar-refractivity contribution in [2.75, 3.05) is 26.2 Å². The van der Waals surface area contributed by atoms with Crippen molar-refractivity contribution in [1.82, 2.24) is 47.5 Å². The highest BCUT2D eigenvalue weighted by molar-refractivity contribution is 5.99. The van der Waals surface area contributed by atoms with Crippen LogP contribution in [0.1, 0.15) is 82.8 Å². The number of rotatable bonds is 17. The van der Waals surface area contributed by atoms with Gasteiger partial charge in [0.1, 0.15) is 36.3 Å². The summed E-state index contributed by atoms with van der Waals surface area (Å²) < 4.78 is 0. The molecule has 21 N–H and O–H groups in total. The fraction of sp³-hybridized carbons (Fsp3) is 0.469. The summed E-state index contributed by atoms with van der Waals surface area (Å²) in [6.45, 7) is 2.81. The summed E-state index contributed by atoms with van der Waals surface area (Å²) in [6.07, 6.45) is 2.30. The molecule has 2 aromatic carbocycles. The molecule has 1 fully saturated rings. The van der Waals surface area contributed by atoms with E-state index in [1.54, 1.807) is 30.3 Å². The molecule has 27 heteroatoms. The van der Waals surface area contributed by atoms with Crippen LogP contribution in [0.5, 0.6) is 0 Å². The minimum atomic E-state index is -1.70. The number of amides is 10. The Hall–Kier alpha value is -8.78. The molecule has 27 nitrogen and oxygen atoms in total. The van der Waals surface area contributed by atoms with Crippen molar-refractivity contribution >= 4 is 81.9 Å². The lowest BCUT2D eigenvalue weighted by Gasteiger charge is -2.27. The van der Waals surface area contributed by atoms with Crippen molar-refractivity contribution in [2.45, 2.75) is 121 Å². The molecular formula is C49H73N17O10. The highest BCUT2D eigenvalue weighted by atomic mass is 16.2. The second-order valence-corrected chi connectivity index (χ2v) is 17.8. The molecule has 4 rings (SSSR count). The van der Waals surface area contributed by atoms with Gasteiger partial charge < -0.3 is 81.9 Å². The van der Waals surface area contributed by atoms with Crippen molar-refractivity contribution in [1.29, 1.82) is 0 Å². The average molecular weight is 1060 g/mol. The minimum absolute atomic E-state index is 0.00295. The molecular weight excluding hydrogens is 987 g/mol. The Morgan fingerprint density at radius 2 is 1.34 bits per heavy atom. The number of nitrogens with one attached hydrogen (secondary N) is 9. The number of nitrogens with two attached hydrogens (primary N) is 6. The Kier molecular flexibility index (Phi) is 26.2. The van der Waals surface area contributed by atoms with E-state index in [0.717, 1.165) is 6.42 Å². The number of para-hydroxylation sites is 1. The maximum absolute atomic E-state index is 14.1. The zero-order valence-corrected chi connectivity index (χ0v) is 42.8. The zero-order valence-electron chi connectivity index (χ0n) is 42.8. The molecule has 1 saturated heterocycles. The van der Waals surface area contributed by atoms with E-state index in [-0.39, 0.29) is 82.9 Å². The lowest BCUT2D eigenvalue weighted by molar-refractivity contribution is -0.136. The maximum Gasteiger partial charge on any atom is 0.243 e. The van der Waals surface area contributed by atoms with Crippen LogP contribution in [0.3, 0.4) is 0 Å². The molecule has 1 aliphatic heterocycles. The number of hydrogen-bond donors (Lipinski definition) is 15. The molecule has 414 valence electrons. The first-order valence-corrected chi connectivity index (χ1v) is 24.8. The molecule has 0 spiro atoms. The second kappa shape index (κ2) is 32.4. The summed E-state index contributed by atoms with van der Waals surface area (Å²) in [4.78, 5) is 142. The molecule has 0 radical (unpaired) electrons. The largest absolute Gasteiger partial charge is 0.370 e. The molecule has 1 aromatic heterocycles. The number of aromatic amines is 1. The number of carbonyl (C=O) groups excluding carboxylic acids is 10. The third-order valence-corrected chi connectivity index (χ3v) is 11.6. The number of aromatic nitrogens is 1. The fourth-order valence-electron chi connectivity index (χ4n) is 7.76. The van der Waals surface area contributed by atoms with Gasteiger partial charge in [-0.15, -0.1) is 0 Å². The standard InChI is InChI=1S/C39H62N16O10.C10H11N/c1-21(56)50-24(13-8-16-48-39(44)45)34(62)53-25-11-5-6-14-46-30(58)19-26(32(41)60)51-31(59)20-49-33(61)23(12-7-15-47-38(42)43)52-36(64)27(17-22-9-3-2-4-10-22)54-37(65)28(18-29(40)57)55-35(25)63;1-2-8-7-11-10-6-4-3-5-9(8)10/h2-4,9-10,23-28H,5-8,11-20H2,1H3,(H2,40,57)(H2,41,60)(H,46,58)(H,49,61)(H,50,56)(H,51,59)(H,52,64)(H,53,62)(H,54,65)(H,55,63)(H4,42,43,47)(H4,44,45,48);3-7,11H,2H2,1H3/t23-,24-,25?,26?,27?,28-;/m0./s1. The highest BCUT2D eigenvalue weighted by Gasteiger charge is 2.34. The third kappa shape index (κ3) is 23.0. The van der Waals surface area contributed by atoms with Gasteiger partial charge in [-0.1, -0.05) is 55.5 Å². The van der Waals surface area contributed by atoms with E-state index in [9.17, 15) is 47.9 Å². The zero-order chi connectivity index (χ0) is 56.2. The number of hydrogen-bond acceptors (Lipinski definition) is 12. The first-order valence-electron chi connectivity index (χ1n) is 24.8. The maximum atomic E-state index is 14.1. The number of fused-ring (bicyclic) bond motifs is 1. The van der Waals surface area contributed by atoms with Crippen molar-refractivity contribution < 1.29 is 47.9 Å². The van der Waals surface area contributed by atoms with Gasteiger partial charge in [0.15, 0.2) is 11.9 Å². The van der Waals surface area contributed by atoms with Crippen LogP contribution in [-0.4, -0.2) is 138 Å². The van der Waals surface area contributed by atoms with E-state index in [1.165, 1.54) is 23.4 Å². The monoisotopic (exact) mass is 1060 g/mol. The van der Waals surface area contributed by atoms with Gasteiger partial charge in [0.2, 0.25) is 59.1 Å². The predicted octanol–water partition coefficient (Wildman–Crippen LogP) is -3.84. The van der Waals surface area contributed by atoms with Gasteiger partial charge in [-0.05, 0) is 68.6 Å². The van der Waals surface area contributed by atoms with Gasteiger partial charge in [-0.3, -0.25) is 57.9 Å². The van der Waals surface area contributed by atoms with Crippen molar-refractivity contribution in [2.24, 2.45) is 44.4 Å². The SMILES string of the molecule is CC(=O)N[C@@H](CCCN=C(N)N)C(=O)NC1CCCCNC(=O)CC(C(N)=O)NC(=O)CNC(=O)[C@H](CCCN=C(N)N)NC(=O)C(Cc2ccccc2)NC(=O)[C@H](CC(N)=O)NC1=O.CCc1c[nH]c2ccccc12. The first-order chi connectivity index (χ1) is 36.2. The molecule has 10 amide bonds. The Balaban J connectivity index is 0.00000121. The summed E-state index contributed by atoms with van der Waals surface area (Å²) in [5.41, 5.74) is 35.8. The van der Waals surface area contributed by atoms with Gasteiger partial charge in [-0.25, -0.2) is 0 Å². The molecule has 3 aromatic rings. The topological polar surface area (TPSA) is 464 Å². The van der Waals surface area contributed by atoms with E-state index in [0.29, 0.717) is 5.56 Å². The highest BCUT2D eigenvalue weighted by Crippen LogP contribution is 2.17. The predicted molar refractivity (Wildman–Crippen MR) is 282 cm³/mol. The summed E-state index contributed by atoms with van der Waals surface area (Å²) in [6, 6.07) is 8.22. The molecule has 3 unspecified atom stereocenters. The van der Waals surface area contributed by atoms with E-state index in [2.05, 4.69) is 94.9 Å². The number of primary amides is 2. The molecule has 76 heavy (non-hydrogen) atoms. The lowest BCUT2D eigenvalue weighted by Crippen LogP contribution is -2.60. The van der Waals surface area contributed by atoms with Gasteiger partial charge >= 0.3 is 0 Å². The molecule has 0 aliphatic carbocycles. The van der Waals surface area contributed by atoms with Crippen LogP contribution in [-0.2, 0) is 60.8 Å². The fourth-order valence-corrected chi connectivity index (χ4v) is 7.76. The minimum Gasteiger partial charge on any atom is -0.370 e. The van der Waals surface area contributed by atoms with Gasteiger partial charge in [-0.2, -0.15) is 0 Å². The van der Waals surface area contributed by atoms with Crippen LogP contribution in [0.25, 0.3) is 10.9 Å². The molecule has 1 aliphatic rings. The number of nitrogens with zero attached hydrogens (tertiary/aromatic N) is 2. The number of aliphatic imine (C=N–C) groups is 2. The summed E-state index contributed by atoms with van der Waals surface area (Å²) in [7, 11) is 0. The van der Waals surface area contributed by atoms with Crippen LogP contribution in [0, 0.1) is 0 Å². The van der Waals surface area contributed by atoms with Crippen LogP contribution < -0.4 is 76.9 Å². The third-order valence-electron chi connectivity index (χ3n) is 11.6. The number of H-pyrrole nitrogens is 1. The number of benzene rings is 2. The van der Waals surface area contributed by atoms with Crippen LogP contribution >= 0.6 is 0 Å². The normalized spacial score (nSPS) is 19.7. The van der Waals surface area contributed by atoms with E-state index in [1.807, 2.05) is 0 Å². The van der Waals surface area contributed by atoms with Gasteiger partial charge in [0, 0.05) is 50.1 Å². The Bertz CT molecular complexity index is 2530. The van der Waals surface area contributed by atoms with Gasteiger partial charge in [0.05, 0.1) is 19.4 Å². The van der Waals surface area contributed by atoms with Crippen LogP contribution in [0.4, 0.5) is 0 Å². The molecule has 6 atom stereocenters. The van der Waals surface area contributed by atoms with Gasteiger partial charge in [0.25, 0.3) is 0 Å². The number of carbonyl (C=O) groups is 10. The Morgan fingerprint density at radius 1 is 0.711 bits per heavy atom. The summed E-state index contributed by atoms with van der Waals surface area (Å²) >= 11 is 0. The first kappa shape index (κ1) is 61.5. The summed E-state index contributed by atoms with van der Waals surface area (Å²) in [5.74, 6) is -9.16. The van der Waals surface area contributed by atoms with Crippen LogP contribution in [0.2, 0.25) is 0 Å². The Labute approximate surface area is 439 Å². The lowest BCUT2D eigenvalue weighted by atomic mass is 10.0.